The molecule has 0 aliphatic rings. The minimum Gasteiger partial charge on any atom is -0.478 e. The van der Waals surface area contributed by atoms with Crippen LogP contribution in [0.5, 0.6) is 0 Å². The molecule has 0 atom stereocenters. The fraction of sp³-hybridized carbons (Fsp3) is 0. The number of aromatic nitrogens is 2. The molecule has 0 spiro atoms. The average Bonchev–Trinajstić information content (AvgIpc) is 2.30. The van der Waals surface area contributed by atoms with Crippen molar-refractivity contribution in [2.24, 2.45) is 0 Å². The number of hydrogen-bond acceptors (Lipinski definition) is 3. The van der Waals surface area contributed by atoms with Crippen molar-refractivity contribution in [3.05, 3.63) is 47.4 Å². The number of halogens is 2. The molecule has 0 fully saturated rings. The van der Waals surface area contributed by atoms with E-state index >= 15 is 0 Å². The molecule has 2 aromatic rings. The smallest absolute Gasteiger partial charge is 0.337 e. The Morgan fingerprint density at radius 3 is 2.53 bits per heavy atom. The lowest BCUT2D eigenvalue weighted by atomic mass is 10.1. The maximum absolute atomic E-state index is 10.9. The van der Waals surface area contributed by atoms with E-state index in [2.05, 4.69) is 9.97 Å². The first-order valence-corrected chi connectivity index (χ1v) is 4.85. The normalized spacial score (nSPS) is 9.47. The second-order valence-electron chi connectivity index (χ2n) is 3.09. The van der Waals surface area contributed by atoms with E-state index in [9.17, 15) is 4.79 Å². The predicted octanol–water partition coefficient (Wildman–Crippen LogP) is 2.92. The molecule has 1 N–H and O–H groups in total. The Labute approximate surface area is 109 Å². The number of carbonyl (C=O) groups is 1. The van der Waals surface area contributed by atoms with Crippen LogP contribution in [-0.2, 0) is 0 Å². The van der Waals surface area contributed by atoms with E-state index in [0.717, 1.165) is 5.56 Å². The molecule has 0 radical (unpaired) electrons. The van der Waals surface area contributed by atoms with Crippen LogP contribution in [0.2, 0.25) is 5.02 Å². The molecular weight excluding hydrogens is 263 g/mol. The summed E-state index contributed by atoms with van der Waals surface area (Å²) in [4.78, 5) is 18.8. The zero-order valence-corrected chi connectivity index (χ0v) is 10.1. The quantitative estimate of drug-likeness (QED) is 0.912. The van der Waals surface area contributed by atoms with Gasteiger partial charge in [-0.25, -0.2) is 4.79 Å². The number of rotatable bonds is 2. The first-order valence-electron chi connectivity index (χ1n) is 4.47. The highest BCUT2D eigenvalue weighted by Gasteiger charge is 2.11. The average molecular weight is 271 g/mol. The van der Waals surface area contributed by atoms with Crippen molar-refractivity contribution in [2.75, 3.05) is 0 Å². The molecule has 0 aromatic carbocycles. The van der Waals surface area contributed by atoms with Gasteiger partial charge in [-0.1, -0.05) is 11.6 Å². The van der Waals surface area contributed by atoms with Crippen molar-refractivity contribution in [2.45, 2.75) is 0 Å². The van der Waals surface area contributed by atoms with E-state index in [1.807, 2.05) is 0 Å². The maximum Gasteiger partial charge on any atom is 0.337 e. The van der Waals surface area contributed by atoms with Gasteiger partial charge in [-0.05, 0) is 18.2 Å². The third-order valence-electron chi connectivity index (χ3n) is 2.06. The van der Waals surface area contributed by atoms with Gasteiger partial charge in [0.15, 0.2) is 0 Å². The molecule has 4 nitrogen and oxygen atoms in total. The molecule has 0 bridgehead atoms. The largest absolute Gasteiger partial charge is 0.478 e. The first kappa shape index (κ1) is 13.4. The number of hydrogen-bond donors (Lipinski definition) is 1. The third kappa shape index (κ3) is 2.93. The molecule has 2 heterocycles. The van der Waals surface area contributed by atoms with Gasteiger partial charge in [0.1, 0.15) is 0 Å². The van der Waals surface area contributed by atoms with Crippen molar-refractivity contribution in [3.63, 3.8) is 0 Å². The summed E-state index contributed by atoms with van der Waals surface area (Å²) in [6, 6.07) is 4.95. The van der Waals surface area contributed by atoms with E-state index in [4.69, 9.17) is 16.7 Å². The van der Waals surface area contributed by atoms with E-state index in [1.54, 1.807) is 24.5 Å². The monoisotopic (exact) mass is 270 g/mol. The second kappa shape index (κ2) is 5.61. The molecule has 17 heavy (non-hydrogen) atoms. The van der Waals surface area contributed by atoms with Gasteiger partial charge >= 0.3 is 5.97 Å². The van der Waals surface area contributed by atoms with Crippen LogP contribution in [0.1, 0.15) is 10.4 Å². The van der Waals surface area contributed by atoms with Crippen LogP contribution < -0.4 is 0 Å². The summed E-state index contributed by atoms with van der Waals surface area (Å²) in [5.74, 6) is -1.07. The van der Waals surface area contributed by atoms with Gasteiger partial charge in [0.25, 0.3) is 0 Å². The van der Waals surface area contributed by atoms with Gasteiger partial charge in [-0.3, -0.25) is 9.97 Å². The molecular formula is C11H8Cl2N2O2. The van der Waals surface area contributed by atoms with Crippen molar-refractivity contribution in [1.29, 1.82) is 0 Å². The summed E-state index contributed by atoms with van der Waals surface area (Å²) < 4.78 is 0. The van der Waals surface area contributed by atoms with Crippen molar-refractivity contribution in [3.8, 4) is 11.3 Å². The lowest BCUT2D eigenvalue weighted by Gasteiger charge is -2.03. The first-order chi connectivity index (χ1) is 7.68. The molecule has 2 aromatic heterocycles. The highest BCUT2D eigenvalue weighted by molar-refractivity contribution is 6.33. The molecule has 6 heteroatoms. The van der Waals surface area contributed by atoms with Crippen LogP contribution in [-0.4, -0.2) is 21.0 Å². The zero-order valence-electron chi connectivity index (χ0n) is 8.50. The summed E-state index contributed by atoms with van der Waals surface area (Å²) in [6.45, 7) is 0. The van der Waals surface area contributed by atoms with Gasteiger partial charge in [0.05, 0.1) is 16.3 Å². The SMILES string of the molecule is Cl.O=C(O)c1cc(-c2ccncc2)ncc1Cl. The lowest BCUT2D eigenvalue weighted by Crippen LogP contribution is -1.99. The van der Waals surface area contributed by atoms with E-state index < -0.39 is 5.97 Å². The topological polar surface area (TPSA) is 63.1 Å². The minimum absolute atomic E-state index is 0. The summed E-state index contributed by atoms with van der Waals surface area (Å²) in [7, 11) is 0. The summed E-state index contributed by atoms with van der Waals surface area (Å²) >= 11 is 5.72. The van der Waals surface area contributed by atoms with Crippen molar-refractivity contribution in [1.82, 2.24) is 9.97 Å². The van der Waals surface area contributed by atoms with E-state index in [1.165, 1.54) is 12.3 Å². The summed E-state index contributed by atoms with van der Waals surface area (Å²) in [5, 5.41) is 9.04. The molecule has 0 aliphatic carbocycles. The summed E-state index contributed by atoms with van der Waals surface area (Å²) in [5.41, 5.74) is 1.40. The van der Waals surface area contributed by atoms with Crippen LogP contribution in [0, 0.1) is 0 Å². The van der Waals surface area contributed by atoms with Gasteiger partial charge in [-0.15, -0.1) is 12.4 Å². The fourth-order valence-electron chi connectivity index (χ4n) is 1.28. The van der Waals surface area contributed by atoms with Crippen LogP contribution >= 0.6 is 24.0 Å². The fourth-order valence-corrected chi connectivity index (χ4v) is 1.47. The van der Waals surface area contributed by atoms with Crippen LogP contribution in [0.3, 0.4) is 0 Å². The molecule has 0 unspecified atom stereocenters. The Hall–Kier alpha value is -1.65. The molecule has 88 valence electrons. The molecule has 2 rings (SSSR count). The molecule has 0 aliphatic heterocycles. The van der Waals surface area contributed by atoms with Crippen molar-refractivity contribution >= 4 is 30.0 Å². The van der Waals surface area contributed by atoms with E-state index in [-0.39, 0.29) is 23.0 Å². The van der Waals surface area contributed by atoms with E-state index in [0.29, 0.717) is 5.69 Å². The van der Waals surface area contributed by atoms with Gasteiger partial charge in [0.2, 0.25) is 0 Å². The highest BCUT2D eigenvalue weighted by Crippen LogP contribution is 2.21. The third-order valence-corrected chi connectivity index (χ3v) is 2.36. The van der Waals surface area contributed by atoms with Crippen LogP contribution in [0.25, 0.3) is 11.3 Å². The predicted molar refractivity (Wildman–Crippen MR) is 66.7 cm³/mol. The Balaban J connectivity index is 0.00000144. The lowest BCUT2D eigenvalue weighted by molar-refractivity contribution is 0.0697. The highest BCUT2D eigenvalue weighted by atomic mass is 35.5. The Morgan fingerprint density at radius 2 is 1.94 bits per heavy atom. The number of carboxylic acid groups (broad SMARTS) is 1. The van der Waals surface area contributed by atoms with Crippen LogP contribution in [0.15, 0.2) is 36.8 Å². The molecule has 0 saturated heterocycles. The molecule has 0 saturated carbocycles. The van der Waals surface area contributed by atoms with Crippen molar-refractivity contribution < 1.29 is 9.90 Å². The Bertz CT molecular complexity index is 532. The summed E-state index contributed by atoms with van der Waals surface area (Å²) in [6.07, 6.45) is 4.57. The van der Waals surface area contributed by atoms with Gasteiger partial charge in [0, 0.05) is 24.2 Å². The zero-order chi connectivity index (χ0) is 11.5. The Kier molecular flexibility index (Phi) is 4.43. The van der Waals surface area contributed by atoms with Crippen LogP contribution in [0.4, 0.5) is 0 Å². The standard InChI is InChI=1S/C11H7ClN2O2.ClH/c12-9-6-14-10(5-8(9)11(15)16)7-1-3-13-4-2-7;/h1-6H,(H,15,16);1H. The second-order valence-corrected chi connectivity index (χ2v) is 3.50. The van der Waals surface area contributed by atoms with Gasteiger partial charge in [-0.2, -0.15) is 0 Å². The number of pyridine rings is 2. The van der Waals surface area contributed by atoms with Gasteiger partial charge < -0.3 is 5.11 Å². The Morgan fingerprint density at radius 1 is 1.29 bits per heavy atom. The molecule has 0 amide bonds. The minimum atomic E-state index is -1.07. The number of aromatic carboxylic acids is 1. The number of nitrogens with zero attached hydrogens (tertiary/aromatic N) is 2. The number of carboxylic acids is 1. The maximum atomic E-state index is 10.9.